The smallest absolute Gasteiger partial charge is 0.382 e. The molecule has 0 atom stereocenters. The lowest BCUT2D eigenvalue weighted by Crippen LogP contribution is -2.07. The van der Waals surface area contributed by atoms with Crippen LogP contribution in [0.4, 0.5) is 0 Å². The van der Waals surface area contributed by atoms with E-state index < -0.39 is 5.97 Å². The molecule has 2 aromatic carbocycles. The van der Waals surface area contributed by atoms with Gasteiger partial charge in [0.2, 0.25) is 5.76 Å². The Hall–Kier alpha value is -2.82. The summed E-state index contributed by atoms with van der Waals surface area (Å²) in [5, 5.41) is 5.62. The number of esters is 1. The Kier molecular flexibility index (Phi) is 3.31. The zero-order valence-corrected chi connectivity index (χ0v) is 11.6. The van der Waals surface area contributed by atoms with Crippen molar-refractivity contribution in [2.75, 3.05) is 7.11 Å². The van der Waals surface area contributed by atoms with Gasteiger partial charge in [-0.2, -0.15) is 0 Å². The van der Waals surface area contributed by atoms with Crippen LogP contribution < -0.4 is 9.47 Å². The number of aryl methyl sites for hydroxylation is 1. The van der Waals surface area contributed by atoms with Crippen LogP contribution in [0.5, 0.6) is 11.5 Å². The van der Waals surface area contributed by atoms with Gasteiger partial charge in [-0.3, -0.25) is 0 Å². The lowest BCUT2D eigenvalue weighted by molar-refractivity contribution is 0.0691. The lowest BCUT2D eigenvalue weighted by atomic mass is 10.1. The molecular formula is C16H13NO4. The number of hydrogen-bond donors (Lipinski definition) is 0. The molecule has 0 aliphatic carbocycles. The Bertz CT molecular complexity index is 807. The third kappa shape index (κ3) is 2.72. The number of aromatic nitrogens is 1. The van der Waals surface area contributed by atoms with Gasteiger partial charge in [-0.1, -0.05) is 17.3 Å². The van der Waals surface area contributed by atoms with Crippen molar-refractivity contribution in [3.8, 4) is 11.5 Å². The number of hydrogen-bond acceptors (Lipinski definition) is 5. The van der Waals surface area contributed by atoms with Crippen molar-refractivity contribution in [3.05, 3.63) is 53.9 Å². The van der Waals surface area contributed by atoms with Crippen LogP contribution in [0.2, 0.25) is 0 Å². The summed E-state index contributed by atoms with van der Waals surface area (Å²) in [5.41, 5.74) is 0.630. The molecule has 5 nitrogen and oxygen atoms in total. The molecule has 0 saturated carbocycles. The molecule has 0 bridgehead atoms. The van der Waals surface area contributed by atoms with Gasteiger partial charge in [0.1, 0.15) is 11.5 Å². The second kappa shape index (κ2) is 5.28. The van der Waals surface area contributed by atoms with E-state index in [1.54, 1.807) is 26.2 Å². The summed E-state index contributed by atoms with van der Waals surface area (Å²) in [7, 11) is 1.61. The molecule has 0 N–H and O–H groups in total. The van der Waals surface area contributed by atoms with Crippen LogP contribution in [0.3, 0.4) is 0 Å². The number of fused-ring (bicyclic) bond motifs is 1. The maximum absolute atomic E-state index is 11.9. The highest BCUT2D eigenvalue weighted by Gasteiger charge is 2.14. The molecular weight excluding hydrogens is 270 g/mol. The van der Waals surface area contributed by atoms with Crippen LogP contribution in [0.1, 0.15) is 16.2 Å². The highest BCUT2D eigenvalue weighted by atomic mass is 16.6. The SMILES string of the molecule is COc1ccc2ccc(OC(=O)c3cc(C)no3)cc2c1. The molecule has 3 aromatic rings. The molecule has 0 amide bonds. The molecule has 5 heteroatoms. The number of nitrogens with zero attached hydrogens (tertiary/aromatic N) is 1. The maximum Gasteiger partial charge on any atom is 0.382 e. The van der Waals surface area contributed by atoms with Gasteiger partial charge in [-0.05, 0) is 42.0 Å². The van der Waals surface area contributed by atoms with Crippen molar-refractivity contribution in [2.24, 2.45) is 0 Å². The van der Waals surface area contributed by atoms with Gasteiger partial charge in [-0.25, -0.2) is 4.79 Å². The summed E-state index contributed by atoms with van der Waals surface area (Å²) in [6, 6.07) is 12.6. The number of methoxy groups -OCH3 is 1. The minimum atomic E-state index is -0.571. The zero-order chi connectivity index (χ0) is 14.8. The van der Waals surface area contributed by atoms with Crippen LogP contribution >= 0.6 is 0 Å². The number of rotatable bonds is 3. The molecule has 3 rings (SSSR count). The van der Waals surface area contributed by atoms with E-state index in [0.29, 0.717) is 11.4 Å². The van der Waals surface area contributed by atoms with E-state index in [1.165, 1.54) is 6.07 Å². The molecule has 0 fully saturated rings. The van der Waals surface area contributed by atoms with Crippen LogP contribution in [-0.4, -0.2) is 18.2 Å². The fraction of sp³-hybridized carbons (Fsp3) is 0.125. The summed E-state index contributed by atoms with van der Waals surface area (Å²) >= 11 is 0. The van der Waals surface area contributed by atoms with Gasteiger partial charge in [0.15, 0.2) is 0 Å². The van der Waals surface area contributed by atoms with Gasteiger partial charge in [0, 0.05) is 6.07 Å². The van der Waals surface area contributed by atoms with E-state index in [9.17, 15) is 4.79 Å². The predicted molar refractivity (Wildman–Crippen MR) is 76.7 cm³/mol. The minimum absolute atomic E-state index is 0.0817. The Morgan fingerprint density at radius 3 is 2.43 bits per heavy atom. The van der Waals surface area contributed by atoms with Gasteiger partial charge in [0.25, 0.3) is 0 Å². The van der Waals surface area contributed by atoms with Crippen molar-refractivity contribution < 1.29 is 18.8 Å². The largest absolute Gasteiger partial charge is 0.497 e. The van der Waals surface area contributed by atoms with Crippen LogP contribution in [0.25, 0.3) is 10.8 Å². The Labute approximate surface area is 121 Å². The van der Waals surface area contributed by atoms with Gasteiger partial charge in [-0.15, -0.1) is 0 Å². The van der Waals surface area contributed by atoms with Crippen molar-refractivity contribution in [2.45, 2.75) is 6.92 Å². The second-order valence-corrected chi connectivity index (χ2v) is 4.60. The van der Waals surface area contributed by atoms with Gasteiger partial charge in [0.05, 0.1) is 12.8 Å². The van der Waals surface area contributed by atoms with E-state index in [-0.39, 0.29) is 5.76 Å². The summed E-state index contributed by atoms with van der Waals surface area (Å²) in [5.74, 6) is 0.697. The highest BCUT2D eigenvalue weighted by Crippen LogP contribution is 2.25. The first-order valence-electron chi connectivity index (χ1n) is 6.39. The quantitative estimate of drug-likeness (QED) is 0.545. The third-order valence-electron chi connectivity index (χ3n) is 3.06. The van der Waals surface area contributed by atoms with Gasteiger partial charge >= 0.3 is 5.97 Å². The summed E-state index contributed by atoms with van der Waals surface area (Å²) < 4.78 is 15.3. The van der Waals surface area contributed by atoms with E-state index in [1.807, 2.05) is 24.3 Å². The molecule has 1 heterocycles. The molecule has 1 aromatic heterocycles. The highest BCUT2D eigenvalue weighted by molar-refractivity contribution is 5.90. The Morgan fingerprint density at radius 2 is 1.76 bits per heavy atom. The standard InChI is InChI=1S/C16H13NO4/c1-10-7-15(21-17-10)16(18)20-14-6-4-11-3-5-13(19-2)8-12(11)9-14/h3-9H,1-2H3. The molecule has 0 radical (unpaired) electrons. The molecule has 0 aliphatic heterocycles. The predicted octanol–water partition coefficient (Wildman–Crippen LogP) is 3.36. The number of ether oxygens (including phenoxy) is 2. The number of carbonyl (C=O) groups excluding carboxylic acids is 1. The lowest BCUT2D eigenvalue weighted by Gasteiger charge is -2.05. The fourth-order valence-electron chi connectivity index (χ4n) is 2.01. The van der Waals surface area contributed by atoms with Crippen molar-refractivity contribution in [3.63, 3.8) is 0 Å². The van der Waals surface area contributed by atoms with Crippen LogP contribution in [-0.2, 0) is 0 Å². The minimum Gasteiger partial charge on any atom is -0.497 e. The van der Waals surface area contributed by atoms with Crippen molar-refractivity contribution >= 4 is 16.7 Å². The Balaban J connectivity index is 1.88. The van der Waals surface area contributed by atoms with Crippen LogP contribution in [0, 0.1) is 6.92 Å². The van der Waals surface area contributed by atoms with Gasteiger partial charge < -0.3 is 14.0 Å². The number of benzene rings is 2. The average Bonchev–Trinajstić information content (AvgIpc) is 2.93. The fourth-order valence-corrected chi connectivity index (χ4v) is 2.01. The van der Waals surface area contributed by atoms with E-state index in [4.69, 9.17) is 14.0 Å². The normalized spacial score (nSPS) is 10.6. The molecule has 0 saturated heterocycles. The van der Waals surface area contributed by atoms with Crippen molar-refractivity contribution in [1.29, 1.82) is 0 Å². The molecule has 21 heavy (non-hydrogen) atoms. The molecule has 0 spiro atoms. The summed E-state index contributed by atoms with van der Waals surface area (Å²) in [4.78, 5) is 11.9. The van der Waals surface area contributed by atoms with Crippen molar-refractivity contribution in [1.82, 2.24) is 5.16 Å². The molecule has 0 aliphatic rings. The zero-order valence-electron chi connectivity index (χ0n) is 11.6. The van der Waals surface area contributed by atoms with Crippen LogP contribution in [0.15, 0.2) is 47.0 Å². The van der Waals surface area contributed by atoms with E-state index in [0.717, 1.165) is 16.5 Å². The first-order valence-corrected chi connectivity index (χ1v) is 6.39. The first kappa shape index (κ1) is 13.2. The Morgan fingerprint density at radius 1 is 1.05 bits per heavy atom. The average molecular weight is 283 g/mol. The monoisotopic (exact) mass is 283 g/mol. The third-order valence-corrected chi connectivity index (χ3v) is 3.06. The van der Waals surface area contributed by atoms with E-state index in [2.05, 4.69) is 5.16 Å². The first-order chi connectivity index (χ1) is 10.2. The van der Waals surface area contributed by atoms with E-state index >= 15 is 0 Å². The molecule has 106 valence electrons. The topological polar surface area (TPSA) is 61.6 Å². The summed E-state index contributed by atoms with van der Waals surface area (Å²) in [6.45, 7) is 1.74. The summed E-state index contributed by atoms with van der Waals surface area (Å²) in [6.07, 6.45) is 0. The molecule has 0 unspecified atom stereocenters. The number of carbonyl (C=O) groups is 1. The second-order valence-electron chi connectivity index (χ2n) is 4.60. The maximum atomic E-state index is 11.9.